The van der Waals surface area contributed by atoms with Crippen LogP contribution in [0.3, 0.4) is 0 Å². The largest absolute Gasteiger partial charge is 0.395 e. The number of aliphatic hydroxyl groups excluding tert-OH is 2. The Morgan fingerprint density at radius 1 is 1.33 bits per heavy atom. The first-order valence-electron chi connectivity index (χ1n) is 5.84. The van der Waals surface area contributed by atoms with Gasteiger partial charge >= 0.3 is 0 Å². The summed E-state index contributed by atoms with van der Waals surface area (Å²) < 4.78 is 0. The highest BCUT2D eigenvalue weighted by Crippen LogP contribution is 2.15. The second kappa shape index (κ2) is 7.10. The van der Waals surface area contributed by atoms with Crippen molar-refractivity contribution in [2.75, 3.05) is 38.2 Å². The smallest absolute Gasteiger partial charge is 0.238 e. The molecule has 0 unspecified atom stereocenters. The van der Waals surface area contributed by atoms with Crippen LogP contribution in [0.5, 0.6) is 0 Å². The van der Waals surface area contributed by atoms with Crippen molar-refractivity contribution in [2.24, 2.45) is 0 Å². The van der Waals surface area contributed by atoms with E-state index in [1.807, 2.05) is 6.92 Å². The number of hydrogen-bond acceptors (Lipinski definition) is 5. The molecule has 0 saturated heterocycles. The zero-order chi connectivity index (χ0) is 13.5. The van der Waals surface area contributed by atoms with Crippen molar-refractivity contribution in [3.05, 3.63) is 11.4 Å². The molecule has 1 aromatic rings. The van der Waals surface area contributed by atoms with Crippen molar-refractivity contribution in [3.8, 4) is 0 Å². The van der Waals surface area contributed by atoms with E-state index in [9.17, 15) is 4.79 Å². The Kier molecular flexibility index (Phi) is 5.76. The third kappa shape index (κ3) is 4.10. The second-order valence-corrected chi connectivity index (χ2v) is 4.08. The maximum atomic E-state index is 11.8. The minimum Gasteiger partial charge on any atom is -0.395 e. The van der Waals surface area contributed by atoms with E-state index in [-0.39, 0.29) is 25.7 Å². The number of aromatic nitrogens is 2. The molecule has 1 rings (SSSR count). The standard InChI is InChI=1S/C11H20N4O3/c1-8-11(9(2)14-13-8)12-10(18)7-15(3-5-16)4-6-17/h16-17H,3-7H2,1-2H3,(H,12,18)(H,13,14). The molecule has 7 heteroatoms. The minimum atomic E-state index is -0.190. The van der Waals surface area contributed by atoms with E-state index >= 15 is 0 Å². The third-order valence-electron chi connectivity index (χ3n) is 2.59. The number of hydrogen-bond donors (Lipinski definition) is 4. The molecule has 1 aromatic heterocycles. The number of carbonyl (C=O) groups excluding carboxylic acids is 1. The van der Waals surface area contributed by atoms with Crippen molar-refractivity contribution >= 4 is 11.6 Å². The molecule has 0 fully saturated rings. The summed E-state index contributed by atoms with van der Waals surface area (Å²) >= 11 is 0. The van der Waals surface area contributed by atoms with E-state index in [0.29, 0.717) is 18.8 Å². The first-order chi connectivity index (χ1) is 8.58. The number of anilines is 1. The summed E-state index contributed by atoms with van der Waals surface area (Å²) in [5.74, 6) is -0.190. The summed E-state index contributed by atoms with van der Waals surface area (Å²) in [6, 6.07) is 0. The lowest BCUT2D eigenvalue weighted by Crippen LogP contribution is -2.37. The van der Waals surface area contributed by atoms with Crippen LogP contribution in [0.15, 0.2) is 0 Å². The molecule has 0 atom stereocenters. The number of nitrogens with zero attached hydrogens (tertiary/aromatic N) is 2. The predicted octanol–water partition coefficient (Wildman–Crippen LogP) is -0.748. The van der Waals surface area contributed by atoms with Gasteiger partial charge in [0.25, 0.3) is 0 Å². The minimum absolute atomic E-state index is 0.0446. The van der Waals surface area contributed by atoms with Crippen LogP contribution < -0.4 is 5.32 Å². The van der Waals surface area contributed by atoms with Gasteiger partial charge in [0, 0.05) is 13.1 Å². The zero-order valence-corrected chi connectivity index (χ0v) is 10.7. The van der Waals surface area contributed by atoms with Crippen LogP contribution in [0.2, 0.25) is 0 Å². The highest BCUT2D eigenvalue weighted by molar-refractivity contribution is 5.93. The fourth-order valence-corrected chi connectivity index (χ4v) is 1.67. The molecule has 4 N–H and O–H groups in total. The topological polar surface area (TPSA) is 101 Å². The van der Waals surface area contributed by atoms with Gasteiger partial charge in [-0.15, -0.1) is 0 Å². The van der Waals surface area contributed by atoms with Crippen molar-refractivity contribution in [2.45, 2.75) is 13.8 Å². The van der Waals surface area contributed by atoms with Crippen LogP contribution in [0, 0.1) is 13.8 Å². The van der Waals surface area contributed by atoms with Gasteiger partial charge in [0.1, 0.15) is 0 Å². The van der Waals surface area contributed by atoms with E-state index in [1.165, 1.54) is 0 Å². The first-order valence-corrected chi connectivity index (χ1v) is 5.84. The molecular formula is C11H20N4O3. The highest BCUT2D eigenvalue weighted by Gasteiger charge is 2.13. The Hall–Kier alpha value is -1.44. The van der Waals surface area contributed by atoms with E-state index < -0.39 is 0 Å². The zero-order valence-electron chi connectivity index (χ0n) is 10.7. The van der Waals surface area contributed by atoms with Gasteiger partial charge in [-0.1, -0.05) is 0 Å². The van der Waals surface area contributed by atoms with Gasteiger partial charge in [-0.2, -0.15) is 5.10 Å². The molecule has 1 amide bonds. The van der Waals surface area contributed by atoms with Crippen LogP contribution >= 0.6 is 0 Å². The molecular weight excluding hydrogens is 236 g/mol. The van der Waals surface area contributed by atoms with Crippen LogP contribution in [-0.4, -0.2) is 64.1 Å². The van der Waals surface area contributed by atoms with Gasteiger partial charge in [-0.05, 0) is 13.8 Å². The van der Waals surface area contributed by atoms with E-state index in [0.717, 1.165) is 11.4 Å². The molecule has 0 saturated carbocycles. The monoisotopic (exact) mass is 256 g/mol. The van der Waals surface area contributed by atoms with Crippen LogP contribution in [-0.2, 0) is 4.79 Å². The molecule has 1 heterocycles. The highest BCUT2D eigenvalue weighted by atomic mass is 16.3. The molecule has 0 bridgehead atoms. The van der Waals surface area contributed by atoms with Crippen LogP contribution in [0.4, 0.5) is 5.69 Å². The van der Waals surface area contributed by atoms with E-state index in [2.05, 4.69) is 15.5 Å². The second-order valence-electron chi connectivity index (χ2n) is 4.08. The number of amides is 1. The lowest BCUT2D eigenvalue weighted by Gasteiger charge is -2.19. The number of H-pyrrole nitrogens is 1. The number of carbonyl (C=O) groups is 1. The lowest BCUT2D eigenvalue weighted by molar-refractivity contribution is -0.117. The van der Waals surface area contributed by atoms with Gasteiger partial charge in [-0.25, -0.2) is 0 Å². The summed E-state index contributed by atoms with van der Waals surface area (Å²) in [6.45, 7) is 4.39. The molecule has 102 valence electrons. The van der Waals surface area contributed by atoms with Crippen LogP contribution in [0.1, 0.15) is 11.4 Å². The maximum Gasteiger partial charge on any atom is 0.238 e. The van der Waals surface area contributed by atoms with Gasteiger partial charge in [0.15, 0.2) is 0 Å². The number of aliphatic hydroxyl groups is 2. The summed E-state index contributed by atoms with van der Waals surface area (Å²) in [5.41, 5.74) is 2.22. The molecule has 0 spiro atoms. The summed E-state index contributed by atoms with van der Waals surface area (Å²) in [5, 5.41) is 27.2. The maximum absolute atomic E-state index is 11.8. The fraction of sp³-hybridized carbons (Fsp3) is 0.636. The van der Waals surface area contributed by atoms with Crippen molar-refractivity contribution in [1.29, 1.82) is 0 Å². The van der Waals surface area contributed by atoms with Crippen molar-refractivity contribution in [3.63, 3.8) is 0 Å². The number of nitrogens with one attached hydrogen (secondary N) is 2. The molecule has 0 aromatic carbocycles. The van der Waals surface area contributed by atoms with Crippen molar-refractivity contribution in [1.82, 2.24) is 15.1 Å². The first kappa shape index (κ1) is 14.6. The summed E-state index contributed by atoms with van der Waals surface area (Å²) in [4.78, 5) is 13.5. The quantitative estimate of drug-likeness (QED) is 0.514. The van der Waals surface area contributed by atoms with Gasteiger partial charge in [0.05, 0.1) is 36.8 Å². The van der Waals surface area contributed by atoms with E-state index in [4.69, 9.17) is 10.2 Å². The van der Waals surface area contributed by atoms with Crippen molar-refractivity contribution < 1.29 is 15.0 Å². The molecule has 0 aliphatic rings. The Labute approximate surface area is 106 Å². The Morgan fingerprint density at radius 3 is 2.39 bits per heavy atom. The number of rotatable bonds is 7. The molecule has 0 aliphatic heterocycles. The fourth-order valence-electron chi connectivity index (χ4n) is 1.67. The SMILES string of the molecule is Cc1n[nH]c(C)c1NC(=O)CN(CCO)CCO. The summed E-state index contributed by atoms with van der Waals surface area (Å²) in [7, 11) is 0. The summed E-state index contributed by atoms with van der Waals surface area (Å²) in [6.07, 6.45) is 0. The third-order valence-corrected chi connectivity index (χ3v) is 2.59. The van der Waals surface area contributed by atoms with Gasteiger partial charge in [-0.3, -0.25) is 14.8 Å². The lowest BCUT2D eigenvalue weighted by atomic mass is 10.3. The Morgan fingerprint density at radius 2 is 1.94 bits per heavy atom. The molecule has 0 radical (unpaired) electrons. The molecule has 7 nitrogen and oxygen atoms in total. The molecule has 0 aliphatic carbocycles. The average Bonchev–Trinajstić information content (AvgIpc) is 2.61. The Bertz CT molecular complexity index is 366. The van der Waals surface area contributed by atoms with Gasteiger partial charge < -0.3 is 15.5 Å². The van der Waals surface area contributed by atoms with Gasteiger partial charge in [0.2, 0.25) is 5.91 Å². The normalized spacial score (nSPS) is 10.9. The Balaban J connectivity index is 2.54. The average molecular weight is 256 g/mol. The van der Waals surface area contributed by atoms with Crippen LogP contribution in [0.25, 0.3) is 0 Å². The predicted molar refractivity (Wildman–Crippen MR) is 67.3 cm³/mol. The number of aromatic amines is 1. The van der Waals surface area contributed by atoms with E-state index in [1.54, 1.807) is 11.8 Å². The molecule has 18 heavy (non-hydrogen) atoms. The number of aryl methyl sites for hydroxylation is 2.